The van der Waals surface area contributed by atoms with Crippen molar-refractivity contribution in [1.29, 1.82) is 0 Å². The summed E-state index contributed by atoms with van der Waals surface area (Å²) in [6, 6.07) is 0. The molecule has 0 aromatic carbocycles. The Morgan fingerprint density at radius 3 is 3.08 bits per heavy atom. The van der Waals surface area contributed by atoms with Crippen LogP contribution >= 0.6 is 0 Å². The summed E-state index contributed by atoms with van der Waals surface area (Å²) in [7, 11) is 0. The van der Waals surface area contributed by atoms with Gasteiger partial charge in [0.05, 0.1) is 0 Å². The Morgan fingerprint density at radius 2 is 2.38 bits per heavy atom. The van der Waals surface area contributed by atoms with E-state index in [2.05, 4.69) is 31.8 Å². The van der Waals surface area contributed by atoms with Crippen LogP contribution in [0.5, 0.6) is 0 Å². The topological polar surface area (TPSA) is 0 Å². The van der Waals surface area contributed by atoms with E-state index in [-0.39, 0.29) is 0 Å². The molecule has 1 atom stereocenters. The molecule has 0 amide bonds. The molecule has 0 heterocycles. The van der Waals surface area contributed by atoms with Crippen LogP contribution in [0.15, 0.2) is 11.6 Å². The Balaban J connectivity index is 2.33. The molecular formula is C13H20. The lowest BCUT2D eigenvalue weighted by molar-refractivity contribution is 0.623. The third-order valence-corrected chi connectivity index (χ3v) is 2.51. The van der Waals surface area contributed by atoms with Crippen molar-refractivity contribution in [2.24, 2.45) is 5.92 Å². The first kappa shape index (κ1) is 10.4. The Morgan fingerprint density at radius 1 is 1.54 bits per heavy atom. The number of rotatable bonds is 2. The monoisotopic (exact) mass is 176 g/mol. The van der Waals surface area contributed by atoms with Crippen molar-refractivity contribution >= 4 is 0 Å². The second-order valence-corrected chi connectivity index (χ2v) is 3.94. The highest BCUT2D eigenvalue weighted by molar-refractivity contribution is 5.16. The molecule has 0 radical (unpaired) electrons. The van der Waals surface area contributed by atoms with Crippen LogP contribution in [0.4, 0.5) is 0 Å². The van der Waals surface area contributed by atoms with Crippen molar-refractivity contribution in [3.05, 3.63) is 11.6 Å². The van der Waals surface area contributed by atoms with E-state index in [9.17, 15) is 0 Å². The molecule has 0 nitrogen and oxygen atoms in total. The molecule has 0 aliphatic heterocycles. The molecule has 0 fully saturated rings. The summed E-state index contributed by atoms with van der Waals surface area (Å²) in [4.78, 5) is 0. The second-order valence-electron chi connectivity index (χ2n) is 3.94. The normalized spacial score (nSPS) is 21.7. The predicted molar refractivity (Wildman–Crippen MR) is 58.4 cm³/mol. The number of unbranched alkanes of at least 4 members (excludes halogenated alkanes) is 2. The maximum atomic E-state index is 3.36. The Hall–Kier alpha value is -0.700. The molecule has 0 aromatic rings. The summed E-state index contributed by atoms with van der Waals surface area (Å²) in [5.74, 6) is 7.20. The standard InChI is InChI=1S/C13H20/c1-3-4-5-6-9-13-10-7-8-12(2)11-13/h11,13H,3-5,7-8,10H2,1-2H3. The van der Waals surface area contributed by atoms with Gasteiger partial charge in [-0.3, -0.25) is 0 Å². The summed E-state index contributed by atoms with van der Waals surface area (Å²) in [6.45, 7) is 4.44. The molecule has 0 bridgehead atoms. The van der Waals surface area contributed by atoms with Gasteiger partial charge in [-0.1, -0.05) is 30.9 Å². The van der Waals surface area contributed by atoms with Crippen LogP contribution in [-0.4, -0.2) is 0 Å². The first-order valence-electron chi connectivity index (χ1n) is 5.48. The zero-order valence-corrected chi connectivity index (χ0v) is 8.90. The van der Waals surface area contributed by atoms with Crippen molar-refractivity contribution in [1.82, 2.24) is 0 Å². The van der Waals surface area contributed by atoms with Gasteiger partial charge in [0, 0.05) is 12.3 Å². The van der Waals surface area contributed by atoms with Crippen molar-refractivity contribution in [2.75, 3.05) is 0 Å². The molecule has 72 valence electrons. The van der Waals surface area contributed by atoms with Gasteiger partial charge >= 0.3 is 0 Å². The fraction of sp³-hybridized carbons (Fsp3) is 0.692. The van der Waals surface area contributed by atoms with E-state index in [1.165, 1.54) is 37.7 Å². The Bertz CT molecular complexity index is 224. The van der Waals surface area contributed by atoms with Gasteiger partial charge in [-0.2, -0.15) is 0 Å². The third kappa shape index (κ3) is 4.18. The lowest BCUT2D eigenvalue weighted by Gasteiger charge is -2.13. The van der Waals surface area contributed by atoms with Crippen LogP contribution in [0.1, 0.15) is 52.4 Å². The fourth-order valence-electron chi connectivity index (χ4n) is 1.69. The van der Waals surface area contributed by atoms with E-state index < -0.39 is 0 Å². The fourth-order valence-corrected chi connectivity index (χ4v) is 1.69. The molecule has 0 spiro atoms. The number of allylic oxidation sites excluding steroid dienone is 2. The zero-order valence-electron chi connectivity index (χ0n) is 8.90. The van der Waals surface area contributed by atoms with Gasteiger partial charge in [-0.25, -0.2) is 0 Å². The molecule has 1 rings (SSSR count). The van der Waals surface area contributed by atoms with Crippen LogP contribution in [0.25, 0.3) is 0 Å². The second kappa shape index (κ2) is 5.86. The van der Waals surface area contributed by atoms with Crippen LogP contribution < -0.4 is 0 Å². The molecule has 1 aliphatic rings. The van der Waals surface area contributed by atoms with Crippen molar-refractivity contribution in [3.63, 3.8) is 0 Å². The van der Waals surface area contributed by atoms with E-state index in [0.29, 0.717) is 5.92 Å². The lowest BCUT2D eigenvalue weighted by Crippen LogP contribution is -2.00. The van der Waals surface area contributed by atoms with E-state index in [4.69, 9.17) is 0 Å². The molecule has 0 N–H and O–H groups in total. The van der Waals surface area contributed by atoms with Crippen LogP contribution in [-0.2, 0) is 0 Å². The molecule has 0 saturated carbocycles. The maximum absolute atomic E-state index is 3.36. The highest BCUT2D eigenvalue weighted by Crippen LogP contribution is 2.21. The highest BCUT2D eigenvalue weighted by Gasteiger charge is 2.07. The lowest BCUT2D eigenvalue weighted by atomic mass is 9.92. The third-order valence-electron chi connectivity index (χ3n) is 2.51. The smallest absolute Gasteiger partial charge is 0.0385 e. The molecule has 1 aliphatic carbocycles. The van der Waals surface area contributed by atoms with Gasteiger partial charge in [-0.05, 0) is 32.6 Å². The molecular weight excluding hydrogens is 156 g/mol. The van der Waals surface area contributed by atoms with Crippen molar-refractivity contribution < 1.29 is 0 Å². The molecule has 13 heavy (non-hydrogen) atoms. The summed E-state index contributed by atoms with van der Waals surface area (Å²) >= 11 is 0. The van der Waals surface area contributed by atoms with E-state index in [1.54, 1.807) is 0 Å². The van der Waals surface area contributed by atoms with E-state index >= 15 is 0 Å². The minimum atomic E-state index is 0.561. The number of hydrogen-bond acceptors (Lipinski definition) is 0. The molecule has 1 unspecified atom stereocenters. The zero-order chi connectivity index (χ0) is 9.52. The molecule has 0 aromatic heterocycles. The van der Waals surface area contributed by atoms with Gasteiger partial charge in [0.15, 0.2) is 0 Å². The minimum absolute atomic E-state index is 0.561. The minimum Gasteiger partial charge on any atom is -0.103 e. The van der Waals surface area contributed by atoms with Crippen molar-refractivity contribution in [3.8, 4) is 11.8 Å². The van der Waals surface area contributed by atoms with Crippen LogP contribution in [0.3, 0.4) is 0 Å². The average Bonchev–Trinajstić information content (AvgIpc) is 2.13. The average molecular weight is 176 g/mol. The van der Waals surface area contributed by atoms with Crippen LogP contribution in [0, 0.1) is 17.8 Å². The predicted octanol–water partition coefficient (Wildman–Crippen LogP) is 3.93. The highest BCUT2D eigenvalue weighted by atomic mass is 14.1. The summed E-state index contributed by atoms with van der Waals surface area (Å²) < 4.78 is 0. The van der Waals surface area contributed by atoms with E-state index in [0.717, 1.165) is 6.42 Å². The van der Waals surface area contributed by atoms with Gasteiger partial charge in [0.25, 0.3) is 0 Å². The van der Waals surface area contributed by atoms with Gasteiger partial charge in [0.2, 0.25) is 0 Å². The van der Waals surface area contributed by atoms with Crippen LogP contribution in [0.2, 0.25) is 0 Å². The summed E-state index contributed by atoms with van der Waals surface area (Å²) in [6.07, 6.45) is 9.83. The number of hydrogen-bond donors (Lipinski definition) is 0. The largest absolute Gasteiger partial charge is 0.103 e. The summed E-state index contributed by atoms with van der Waals surface area (Å²) in [5.41, 5.74) is 1.53. The van der Waals surface area contributed by atoms with E-state index in [1.807, 2.05) is 0 Å². The maximum Gasteiger partial charge on any atom is 0.0385 e. The SMILES string of the molecule is CCCCC#CC1C=C(C)CCC1. The first-order valence-corrected chi connectivity index (χ1v) is 5.48. The van der Waals surface area contributed by atoms with Gasteiger partial charge < -0.3 is 0 Å². The molecule has 0 heteroatoms. The Kier molecular flexibility index (Phi) is 4.68. The summed E-state index contributed by atoms with van der Waals surface area (Å²) in [5, 5.41) is 0. The first-order chi connectivity index (χ1) is 6.33. The quantitative estimate of drug-likeness (QED) is 0.340. The molecule has 0 saturated heterocycles. The van der Waals surface area contributed by atoms with Crippen molar-refractivity contribution in [2.45, 2.75) is 52.4 Å². The van der Waals surface area contributed by atoms with Gasteiger partial charge in [-0.15, -0.1) is 5.92 Å². The Labute approximate surface area is 82.4 Å². The van der Waals surface area contributed by atoms with Gasteiger partial charge in [0.1, 0.15) is 0 Å².